The molecule has 0 saturated carbocycles. The summed E-state index contributed by atoms with van der Waals surface area (Å²) in [5, 5.41) is 8.72. The van der Waals surface area contributed by atoms with Crippen molar-refractivity contribution in [1.82, 2.24) is 0 Å². The van der Waals surface area contributed by atoms with Gasteiger partial charge in [0, 0.05) is 4.47 Å². The van der Waals surface area contributed by atoms with Crippen molar-refractivity contribution in [2.24, 2.45) is 0 Å². The van der Waals surface area contributed by atoms with Crippen LogP contribution in [0.5, 0.6) is 11.5 Å². The zero-order chi connectivity index (χ0) is 18.9. The van der Waals surface area contributed by atoms with Gasteiger partial charge in [0.05, 0.1) is 13.0 Å². The Morgan fingerprint density at radius 3 is 2.12 bits per heavy atom. The molecule has 0 fully saturated rings. The number of hydrogen-bond acceptors (Lipinski definition) is 4. The Kier molecular flexibility index (Phi) is 8.27. The first-order valence-electron chi connectivity index (χ1n) is 7.14. The Balaban J connectivity index is 0.000000251. The zero-order valence-corrected chi connectivity index (χ0v) is 14.8. The van der Waals surface area contributed by atoms with Gasteiger partial charge in [0.15, 0.2) is 0 Å². The fourth-order valence-electron chi connectivity index (χ4n) is 1.63. The largest absolute Gasteiger partial charge is 0.573 e. The number of ether oxygens (including phenoxy) is 2. The number of esters is 1. The second-order valence-corrected chi connectivity index (χ2v) is 5.57. The van der Waals surface area contributed by atoms with Crippen LogP contribution in [0, 0.1) is 0 Å². The number of rotatable bonds is 4. The first-order chi connectivity index (χ1) is 11.7. The molecule has 4 nitrogen and oxygen atoms in total. The van der Waals surface area contributed by atoms with Gasteiger partial charge in [0.25, 0.3) is 0 Å². The predicted molar refractivity (Wildman–Crippen MR) is 89.3 cm³/mol. The van der Waals surface area contributed by atoms with Gasteiger partial charge in [-0.2, -0.15) is 0 Å². The summed E-state index contributed by atoms with van der Waals surface area (Å²) in [6, 6.07) is 11.9. The molecule has 2 aromatic rings. The Bertz CT molecular complexity index is 655. The van der Waals surface area contributed by atoms with Crippen LogP contribution in [-0.4, -0.2) is 24.0 Å². The van der Waals surface area contributed by atoms with Crippen molar-refractivity contribution < 1.29 is 32.5 Å². The third kappa shape index (κ3) is 9.61. The highest BCUT2D eigenvalue weighted by Gasteiger charge is 2.30. The van der Waals surface area contributed by atoms with Crippen LogP contribution in [0.1, 0.15) is 12.5 Å². The summed E-state index contributed by atoms with van der Waals surface area (Å²) >= 11 is 3.33. The van der Waals surface area contributed by atoms with E-state index in [1.54, 1.807) is 6.92 Å². The van der Waals surface area contributed by atoms with Crippen LogP contribution in [0.4, 0.5) is 13.2 Å². The predicted octanol–water partition coefficient (Wildman–Crippen LogP) is 4.85. The standard InChI is InChI=1S/C10H11BrO2.C7H5F3O2/c1-2-13-10(12)7-8-3-5-9(11)6-4-8;8-7(9,10)12-6-3-1-5(11)2-4-6/h3-6H,2,7H2,1H3;1-4,11H. The van der Waals surface area contributed by atoms with Crippen molar-refractivity contribution in [1.29, 1.82) is 0 Å². The molecule has 2 rings (SSSR count). The van der Waals surface area contributed by atoms with E-state index in [9.17, 15) is 18.0 Å². The summed E-state index contributed by atoms with van der Waals surface area (Å²) in [5.74, 6) is -0.630. The molecular formula is C17H16BrF3O4. The first-order valence-corrected chi connectivity index (χ1v) is 7.93. The van der Waals surface area contributed by atoms with Crippen molar-refractivity contribution in [2.75, 3.05) is 6.61 Å². The number of alkyl halides is 3. The molecule has 0 heterocycles. The highest BCUT2D eigenvalue weighted by atomic mass is 79.9. The second-order valence-electron chi connectivity index (χ2n) is 4.65. The molecule has 0 amide bonds. The molecule has 0 spiro atoms. The monoisotopic (exact) mass is 420 g/mol. The van der Waals surface area contributed by atoms with Crippen molar-refractivity contribution in [3.05, 3.63) is 58.6 Å². The van der Waals surface area contributed by atoms with E-state index in [2.05, 4.69) is 20.7 Å². The van der Waals surface area contributed by atoms with Crippen molar-refractivity contribution >= 4 is 21.9 Å². The van der Waals surface area contributed by atoms with Crippen LogP contribution in [0.2, 0.25) is 0 Å². The second kappa shape index (κ2) is 9.93. The zero-order valence-electron chi connectivity index (χ0n) is 13.2. The van der Waals surface area contributed by atoms with Gasteiger partial charge in [0.1, 0.15) is 11.5 Å². The fourth-order valence-corrected chi connectivity index (χ4v) is 1.89. The summed E-state index contributed by atoms with van der Waals surface area (Å²) in [7, 11) is 0. The summed E-state index contributed by atoms with van der Waals surface area (Å²) in [6.07, 6.45) is -4.34. The van der Waals surface area contributed by atoms with E-state index in [1.165, 1.54) is 0 Å². The molecule has 0 aliphatic heterocycles. The van der Waals surface area contributed by atoms with Crippen LogP contribution >= 0.6 is 15.9 Å². The minimum absolute atomic E-state index is 0.107. The summed E-state index contributed by atoms with van der Waals surface area (Å²) in [5.41, 5.74) is 0.974. The third-order valence-electron chi connectivity index (χ3n) is 2.64. The lowest BCUT2D eigenvalue weighted by Gasteiger charge is -2.07. The van der Waals surface area contributed by atoms with Gasteiger partial charge in [-0.1, -0.05) is 28.1 Å². The van der Waals surface area contributed by atoms with E-state index in [0.29, 0.717) is 13.0 Å². The van der Waals surface area contributed by atoms with Crippen LogP contribution in [0.25, 0.3) is 0 Å². The van der Waals surface area contributed by atoms with E-state index in [1.807, 2.05) is 24.3 Å². The molecule has 0 aliphatic carbocycles. The van der Waals surface area contributed by atoms with E-state index >= 15 is 0 Å². The number of halogens is 4. The third-order valence-corrected chi connectivity index (χ3v) is 3.17. The van der Waals surface area contributed by atoms with Gasteiger partial charge in [-0.15, -0.1) is 13.2 Å². The average Bonchev–Trinajstić information content (AvgIpc) is 2.51. The van der Waals surface area contributed by atoms with Gasteiger partial charge in [0.2, 0.25) is 0 Å². The number of carbonyl (C=O) groups excluding carboxylic acids is 1. The Hall–Kier alpha value is -2.22. The first kappa shape index (κ1) is 20.8. The molecule has 0 radical (unpaired) electrons. The molecule has 8 heteroatoms. The number of carbonyl (C=O) groups is 1. The fraction of sp³-hybridized carbons (Fsp3) is 0.235. The van der Waals surface area contributed by atoms with Crippen molar-refractivity contribution in [2.45, 2.75) is 19.7 Å². The molecule has 2 aromatic carbocycles. The quantitative estimate of drug-likeness (QED) is 0.718. The van der Waals surface area contributed by atoms with E-state index in [4.69, 9.17) is 9.84 Å². The smallest absolute Gasteiger partial charge is 0.508 e. The SMILES string of the molecule is CCOC(=O)Cc1ccc(Br)cc1.Oc1ccc(OC(F)(F)F)cc1. The molecule has 25 heavy (non-hydrogen) atoms. The maximum absolute atomic E-state index is 11.6. The van der Waals surface area contributed by atoms with Crippen molar-refractivity contribution in [3.8, 4) is 11.5 Å². The lowest BCUT2D eigenvalue weighted by Crippen LogP contribution is -2.16. The Morgan fingerprint density at radius 1 is 1.08 bits per heavy atom. The molecule has 136 valence electrons. The van der Waals surface area contributed by atoms with Crippen LogP contribution in [0.15, 0.2) is 53.0 Å². The summed E-state index contributed by atoms with van der Waals surface area (Å²) < 4.78 is 44.1. The topological polar surface area (TPSA) is 55.8 Å². The number of hydrogen-bond donors (Lipinski definition) is 1. The summed E-state index contributed by atoms with van der Waals surface area (Å²) in [6.45, 7) is 2.24. The summed E-state index contributed by atoms with van der Waals surface area (Å²) in [4.78, 5) is 11.1. The van der Waals surface area contributed by atoms with Gasteiger partial charge in [-0.25, -0.2) is 0 Å². The van der Waals surface area contributed by atoms with E-state index < -0.39 is 6.36 Å². The van der Waals surface area contributed by atoms with E-state index in [0.717, 1.165) is 34.3 Å². The van der Waals surface area contributed by atoms with Gasteiger partial charge >= 0.3 is 12.3 Å². The highest BCUT2D eigenvalue weighted by molar-refractivity contribution is 9.10. The average molecular weight is 421 g/mol. The molecule has 0 atom stereocenters. The molecule has 0 bridgehead atoms. The van der Waals surface area contributed by atoms with Gasteiger partial charge in [-0.05, 0) is 48.9 Å². The minimum Gasteiger partial charge on any atom is -0.508 e. The maximum atomic E-state index is 11.6. The maximum Gasteiger partial charge on any atom is 0.573 e. The molecular weight excluding hydrogens is 405 g/mol. The molecule has 0 saturated heterocycles. The number of phenolic OH excluding ortho intramolecular Hbond substituents is 1. The number of aromatic hydroxyl groups is 1. The van der Waals surface area contributed by atoms with Gasteiger partial charge in [-0.3, -0.25) is 4.79 Å². The lowest BCUT2D eigenvalue weighted by atomic mass is 10.2. The van der Waals surface area contributed by atoms with Crippen LogP contribution < -0.4 is 4.74 Å². The Labute approximate surface area is 151 Å². The van der Waals surface area contributed by atoms with Crippen LogP contribution in [0.3, 0.4) is 0 Å². The minimum atomic E-state index is -4.68. The molecule has 0 aliphatic rings. The normalized spacial score (nSPS) is 10.4. The number of phenols is 1. The molecule has 0 aromatic heterocycles. The van der Waals surface area contributed by atoms with E-state index in [-0.39, 0.29) is 17.5 Å². The highest BCUT2D eigenvalue weighted by Crippen LogP contribution is 2.23. The molecule has 1 N–H and O–H groups in total. The number of benzene rings is 2. The molecule has 0 unspecified atom stereocenters. The lowest BCUT2D eigenvalue weighted by molar-refractivity contribution is -0.274. The van der Waals surface area contributed by atoms with Crippen molar-refractivity contribution in [3.63, 3.8) is 0 Å². The van der Waals surface area contributed by atoms with Gasteiger partial charge < -0.3 is 14.6 Å². The van der Waals surface area contributed by atoms with Crippen LogP contribution in [-0.2, 0) is 16.0 Å². The Morgan fingerprint density at radius 2 is 1.64 bits per heavy atom.